The lowest BCUT2D eigenvalue weighted by Gasteiger charge is -2.33. The van der Waals surface area contributed by atoms with E-state index in [0.29, 0.717) is 50.3 Å². The summed E-state index contributed by atoms with van der Waals surface area (Å²) in [7, 11) is 3.45. The molecule has 14 nitrogen and oxygen atoms in total. The van der Waals surface area contributed by atoms with Crippen LogP contribution in [0.3, 0.4) is 0 Å². The number of benzene rings is 6. The fourth-order valence-electron chi connectivity index (χ4n) is 12.3. The molecular weight excluding hydrogens is 1090 g/mol. The number of amides is 2. The van der Waals surface area contributed by atoms with E-state index < -0.39 is 23.6 Å². The van der Waals surface area contributed by atoms with Crippen LogP contribution >= 0.6 is 0 Å². The summed E-state index contributed by atoms with van der Waals surface area (Å²) in [6.07, 6.45) is 8.27. The second-order valence-corrected chi connectivity index (χ2v) is 23.1. The van der Waals surface area contributed by atoms with Gasteiger partial charge in [0.25, 0.3) is 0 Å². The van der Waals surface area contributed by atoms with Gasteiger partial charge in [0.1, 0.15) is 23.3 Å². The van der Waals surface area contributed by atoms with Crippen molar-refractivity contribution in [1.29, 1.82) is 0 Å². The summed E-state index contributed by atoms with van der Waals surface area (Å²) in [4.78, 5) is 63.9. The molecule has 10 rings (SSSR count). The summed E-state index contributed by atoms with van der Waals surface area (Å²) in [6, 6.07) is 41.0. The molecule has 2 fully saturated rings. The Morgan fingerprint density at radius 2 is 1.00 bits per heavy atom. The molecule has 452 valence electrons. The van der Waals surface area contributed by atoms with Crippen molar-refractivity contribution < 1.29 is 47.3 Å². The molecule has 2 amide bonds. The molecule has 0 saturated carbocycles. The fraction of sp³-hybridized carbons (Fsp3) is 0.400. The monoisotopic (exact) mass is 1170 g/mol. The number of nitrogens with zero attached hydrogens (tertiary/aromatic N) is 6. The molecule has 2 saturated heterocycles. The van der Waals surface area contributed by atoms with Crippen molar-refractivity contribution in [3.05, 3.63) is 179 Å². The molecule has 0 aliphatic carbocycles. The number of carbonyl (C=O) groups excluding carboxylic acids is 3. The van der Waals surface area contributed by atoms with E-state index in [2.05, 4.69) is 53.3 Å². The highest BCUT2D eigenvalue weighted by Crippen LogP contribution is 2.34. The molecule has 16 heteroatoms. The number of hydrogen-bond donors (Lipinski definition) is 1. The number of carboxylic acid groups (broad SMARTS) is 1. The maximum atomic E-state index is 14.5. The minimum atomic E-state index is -1.28. The standard InChI is InChI=1S/C36H42FN3O4.C34H38FN3O4/c1-4-44-36(42)30-17-16-28(23-31(30)37)27-14-12-26(13-15-27)21-25(2)22-34(41)39-18-7-9-29(24-39)35-38-32-10-5-6-11-33(32)40(35)19-8-20-43-3;1-23(19-24-10-12-25(13-11-24)26-14-15-28(34(40)41)29(35)21-26)20-32(39)37-16-5-7-27(22-37)33-36-30-8-3-4-9-31(30)38(33)17-6-18-42-2/h5-6,10-17,23,25,29H,4,7-9,18-22,24H2,1-3H3;3-4,8-15,21,23,27H,5-7,16-20,22H2,1-2H3,(H,40,41)/t25-,29-;23-,27-/m11/s1. The van der Waals surface area contributed by atoms with Gasteiger partial charge in [0.05, 0.1) is 39.8 Å². The van der Waals surface area contributed by atoms with Crippen LogP contribution in [-0.2, 0) is 49.7 Å². The second-order valence-electron chi connectivity index (χ2n) is 23.1. The number of imidazole rings is 2. The van der Waals surface area contributed by atoms with E-state index >= 15 is 0 Å². The molecule has 0 spiro atoms. The molecule has 86 heavy (non-hydrogen) atoms. The van der Waals surface area contributed by atoms with Crippen molar-refractivity contribution in [2.75, 3.05) is 60.2 Å². The van der Waals surface area contributed by atoms with Crippen LogP contribution in [-0.4, -0.2) is 118 Å². The Balaban J connectivity index is 0.000000206. The molecule has 0 unspecified atom stereocenters. The van der Waals surface area contributed by atoms with Crippen molar-refractivity contribution >= 4 is 45.8 Å². The molecule has 2 aliphatic rings. The van der Waals surface area contributed by atoms with E-state index in [9.17, 15) is 28.0 Å². The minimum absolute atomic E-state index is 0.0635. The summed E-state index contributed by atoms with van der Waals surface area (Å²) < 4.78 is 48.8. The number of ether oxygens (including phenoxy) is 3. The number of piperidine rings is 2. The number of rotatable bonds is 23. The Hall–Kier alpha value is -8.08. The number of carbonyl (C=O) groups is 4. The number of aromatic nitrogens is 4. The topological polar surface area (TPSA) is 158 Å². The number of esters is 1. The largest absolute Gasteiger partial charge is 0.478 e. The first-order chi connectivity index (χ1) is 41.7. The van der Waals surface area contributed by atoms with Gasteiger partial charge in [0.2, 0.25) is 11.8 Å². The average molecular weight is 1170 g/mol. The van der Waals surface area contributed by atoms with Crippen LogP contribution in [0.15, 0.2) is 133 Å². The number of para-hydroxylation sites is 4. The summed E-state index contributed by atoms with van der Waals surface area (Å²) in [5.41, 5.74) is 9.08. The maximum Gasteiger partial charge on any atom is 0.341 e. The predicted octanol–water partition coefficient (Wildman–Crippen LogP) is 13.6. The number of methoxy groups -OCH3 is 2. The molecule has 8 aromatic rings. The highest BCUT2D eigenvalue weighted by Gasteiger charge is 2.31. The first kappa shape index (κ1) is 62.5. The van der Waals surface area contributed by atoms with E-state index in [1.807, 2.05) is 76.5 Å². The van der Waals surface area contributed by atoms with Crippen LogP contribution < -0.4 is 0 Å². The van der Waals surface area contributed by atoms with Gasteiger partial charge < -0.3 is 38.3 Å². The Morgan fingerprint density at radius 1 is 0.581 bits per heavy atom. The Bertz CT molecular complexity index is 3600. The van der Waals surface area contributed by atoms with Gasteiger partial charge in [-0.3, -0.25) is 9.59 Å². The van der Waals surface area contributed by atoms with Gasteiger partial charge in [-0.1, -0.05) is 98.8 Å². The van der Waals surface area contributed by atoms with Crippen molar-refractivity contribution in [1.82, 2.24) is 28.9 Å². The number of aryl methyl sites for hydroxylation is 2. The van der Waals surface area contributed by atoms with Crippen LogP contribution in [0.5, 0.6) is 0 Å². The minimum Gasteiger partial charge on any atom is -0.478 e. The maximum absolute atomic E-state index is 14.5. The lowest BCUT2D eigenvalue weighted by Crippen LogP contribution is -2.40. The Kier molecular flexibility index (Phi) is 21.7. The highest BCUT2D eigenvalue weighted by molar-refractivity contribution is 5.91. The van der Waals surface area contributed by atoms with Gasteiger partial charge in [-0.15, -0.1) is 0 Å². The zero-order chi connectivity index (χ0) is 60.7. The quantitative estimate of drug-likeness (QED) is 0.0483. The van der Waals surface area contributed by atoms with Crippen LogP contribution in [0.4, 0.5) is 8.78 Å². The van der Waals surface area contributed by atoms with Gasteiger partial charge in [-0.2, -0.15) is 0 Å². The van der Waals surface area contributed by atoms with E-state index in [1.165, 1.54) is 24.3 Å². The van der Waals surface area contributed by atoms with Gasteiger partial charge in [-0.05, 0) is 152 Å². The van der Waals surface area contributed by atoms with Crippen molar-refractivity contribution in [3.63, 3.8) is 0 Å². The molecule has 0 bridgehead atoms. The number of hydrogen-bond acceptors (Lipinski definition) is 9. The highest BCUT2D eigenvalue weighted by atomic mass is 19.1. The van der Waals surface area contributed by atoms with Crippen molar-refractivity contribution in [3.8, 4) is 22.3 Å². The number of carboxylic acids is 1. The molecular formula is C70H80F2N6O8. The molecule has 6 aromatic carbocycles. The van der Waals surface area contributed by atoms with Crippen LogP contribution in [0.25, 0.3) is 44.3 Å². The molecule has 1 N–H and O–H groups in total. The SMILES string of the molecule is CCOC(=O)c1ccc(-c2ccc(C[C@@H](C)CC(=O)N3CCC[C@@H](c4nc5ccccc5n4CCCOC)C3)cc2)cc1F.COCCCn1c([C@@H]2CCCN(C(=O)C[C@H](C)Cc3ccc(-c4ccc(C(=O)O)c(F)c4)cc3)C2)nc2ccccc21. The first-order valence-corrected chi connectivity index (χ1v) is 30.3. The van der Waals surface area contributed by atoms with Crippen molar-refractivity contribution in [2.24, 2.45) is 11.8 Å². The first-order valence-electron chi connectivity index (χ1n) is 30.3. The summed E-state index contributed by atoms with van der Waals surface area (Å²) in [5, 5.41) is 9.06. The molecule has 4 atom stereocenters. The molecule has 2 aliphatic heterocycles. The van der Waals surface area contributed by atoms with E-state index in [4.69, 9.17) is 29.3 Å². The van der Waals surface area contributed by atoms with Gasteiger partial charge in [0, 0.05) is 91.4 Å². The summed E-state index contributed by atoms with van der Waals surface area (Å²) >= 11 is 0. The summed E-state index contributed by atoms with van der Waals surface area (Å²) in [5.74, 6) is -0.0272. The fourth-order valence-corrected chi connectivity index (χ4v) is 12.3. The molecule has 0 radical (unpaired) electrons. The zero-order valence-corrected chi connectivity index (χ0v) is 50.2. The molecule has 4 heterocycles. The predicted molar refractivity (Wildman–Crippen MR) is 331 cm³/mol. The lowest BCUT2D eigenvalue weighted by atomic mass is 9.93. The third kappa shape index (κ3) is 15.7. The smallest absolute Gasteiger partial charge is 0.341 e. The molecule has 2 aromatic heterocycles. The van der Waals surface area contributed by atoms with Crippen LogP contribution in [0, 0.1) is 23.5 Å². The number of aromatic carboxylic acids is 1. The van der Waals surface area contributed by atoms with Crippen LogP contribution in [0.2, 0.25) is 0 Å². The zero-order valence-electron chi connectivity index (χ0n) is 50.2. The van der Waals surface area contributed by atoms with Crippen LogP contribution in [0.1, 0.15) is 127 Å². The number of halogens is 2. The van der Waals surface area contributed by atoms with Gasteiger partial charge >= 0.3 is 11.9 Å². The number of likely N-dealkylation sites (tertiary alicyclic amines) is 2. The third-order valence-electron chi connectivity index (χ3n) is 16.6. The van der Waals surface area contributed by atoms with E-state index in [0.717, 1.165) is 134 Å². The number of fused-ring (bicyclic) bond motifs is 2. The van der Waals surface area contributed by atoms with Crippen molar-refractivity contribution in [2.45, 2.75) is 110 Å². The normalized spacial score (nSPS) is 15.9. The Morgan fingerprint density at radius 3 is 1.41 bits per heavy atom. The van der Waals surface area contributed by atoms with E-state index in [-0.39, 0.29) is 53.2 Å². The van der Waals surface area contributed by atoms with Gasteiger partial charge in [0.15, 0.2) is 0 Å². The second kappa shape index (κ2) is 29.8. The summed E-state index contributed by atoms with van der Waals surface area (Å²) in [6.45, 7) is 12.1. The van der Waals surface area contributed by atoms with Gasteiger partial charge in [-0.25, -0.2) is 28.3 Å². The van der Waals surface area contributed by atoms with E-state index in [1.54, 1.807) is 33.3 Å². The average Bonchev–Trinajstić information content (AvgIpc) is 3.99. The third-order valence-corrected chi connectivity index (χ3v) is 16.6. The lowest BCUT2D eigenvalue weighted by molar-refractivity contribution is -0.134. The Labute approximate surface area is 503 Å².